The van der Waals surface area contributed by atoms with Crippen molar-refractivity contribution in [2.24, 2.45) is 0 Å². The number of rotatable bonds is 5. The lowest BCUT2D eigenvalue weighted by Crippen LogP contribution is -2.30. The van der Waals surface area contributed by atoms with Crippen LogP contribution in [0.15, 0.2) is 35.9 Å². The average Bonchev–Trinajstić information content (AvgIpc) is 2.46. The van der Waals surface area contributed by atoms with Crippen LogP contribution in [0.4, 0.5) is 8.78 Å². The van der Waals surface area contributed by atoms with Crippen LogP contribution in [0.3, 0.4) is 0 Å². The van der Waals surface area contributed by atoms with Crippen LogP contribution in [0, 0.1) is 0 Å². The fourth-order valence-corrected chi connectivity index (χ4v) is 1.97. The number of para-hydroxylation sites is 1. The second kappa shape index (κ2) is 8.59. The summed E-state index contributed by atoms with van der Waals surface area (Å²) in [5.74, 6) is -0.528. The molecule has 0 atom stereocenters. The summed E-state index contributed by atoms with van der Waals surface area (Å²) in [6.07, 6.45) is 2.89. The van der Waals surface area contributed by atoms with Gasteiger partial charge in [0.15, 0.2) is 0 Å². The van der Waals surface area contributed by atoms with E-state index >= 15 is 0 Å². The Balaban J connectivity index is 0.00000220. The Bertz CT molecular complexity index is 510. The number of ether oxygens (including phenoxy) is 1. The van der Waals surface area contributed by atoms with Gasteiger partial charge in [0.1, 0.15) is 5.75 Å². The summed E-state index contributed by atoms with van der Waals surface area (Å²) in [5, 5.41) is 5.89. The Kier molecular flexibility index (Phi) is 7.11. The van der Waals surface area contributed by atoms with Gasteiger partial charge in [0.25, 0.3) is 5.91 Å². The van der Waals surface area contributed by atoms with Crippen LogP contribution >= 0.6 is 12.4 Å². The minimum Gasteiger partial charge on any atom is -0.434 e. The lowest BCUT2D eigenvalue weighted by Gasteiger charge is -2.15. The van der Waals surface area contributed by atoms with Crippen LogP contribution in [0.25, 0.3) is 0 Å². The Morgan fingerprint density at radius 1 is 1.38 bits per heavy atom. The van der Waals surface area contributed by atoms with Gasteiger partial charge in [0.2, 0.25) is 0 Å². The topological polar surface area (TPSA) is 50.4 Å². The van der Waals surface area contributed by atoms with Crippen molar-refractivity contribution in [3.63, 3.8) is 0 Å². The molecule has 7 heteroatoms. The minimum absolute atomic E-state index is 0. The maximum absolute atomic E-state index is 12.3. The number of hydrogen-bond acceptors (Lipinski definition) is 3. The van der Waals surface area contributed by atoms with Crippen molar-refractivity contribution in [2.45, 2.75) is 13.0 Å². The first kappa shape index (κ1) is 17.4. The van der Waals surface area contributed by atoms with E-state index < -0.39 is 12.5 Å². The maximum atomic E-state index is 12.3. The molecule has 1 amide bonds. The van der Waals surface area contributed by atoms with Crippen LogP contribution in [0.2, 0.25) is 0 Å². The summed E-state index contributed by atoms with van der Waals surface area (Å²) in [7, 11) is 0. The predicted molar refractivity (Wildman–Crippen MR) is 78.2 cm³/mol. The third-order valence-corrected chi connectivity index (χ3v) is 2.98. The molecule has 2 rings (SSSR count). The van der Waals surface area contributed by atoms with E-state index in [0.29, 0.717) is 6.54 Å². The molecule has 0 aromatic heterocycles. The number of amides is 1. The van der Waals surface area contributed by atoms with Crippen molar-refractivity contribution < 1.29 is 18.3 Å². The number of carbonyl (C=O) groups excluding carboxylic acids is 1. The molecule has 0 saturated carbocycles. The highest BCUT2D eigenvalue weighted by Gasteiger charge is 2.15. The van der Waals surface area contributed by atoms with E-state index in [4.69, 9.17) is 0 Å². The van der Waals surface area contributed by atoms with Gasteiger partial charge in [-0.1, -0.05) is 23.8 Å². The lowest BCUT2D eigenvalue weighted by molar-refractivity contribution is -0.0501. The van der Waals surface area contributed by atoms with E-state index in [1.54, 1.807) is 12.1 Å². The highest BCUT2D eigenvalue weighted by atomic mass is 35.5. The maximum Gasteiger partial charge on any atom is 0.387 e. The smallest absolute Gasteiger partial charge is 0.387 e. The summed E-state index contributed by atoms with van der Waals surface area (Å²) in [5.41, 5.74) is 1.24. The van der Waals surface area contributed by atoms with Gasteiger partial charge >= 0.3 is 6.61 Å². The van der Waals surface area contributed by atoms with E-state index in [0.717, 1.165) is 25.1 Å². The molecule has 1 heterocycles. The van der Waals surface area contributed by atoms with Crippen LogP contribution in [0.1, 0.15) is 16.8 Å². The number of hydrogen-bond donors (Lipinski definition) is 2. The van der Waals surface area contributed by atoms with Crippen molar-refractivity contribution in [1.29, 1.82) is 0 Å². The zero-order chi connectivity index (χ0) is 14.4. The molecule has 2 N–H and O–H groups in total. The highest BCUT2D eigenvalue weighted by molar-refractivity contribution is 5.97. The first-order valence-corrected chi connectivity index (χ1v) is 6.37. The lowest BCUT2D eigenvalue weighted by atomic mass is 10.1. The molecule has 0 radical (unpaired) electrons. The standard InChI is InChI=1S/C14H16F2N2O2.ClH/c15-14(16)20-12-4-2-1-3-11(12)13(19)18-9-10-5-7-17-8-6-10;/h1-5,14,17H,6-9H2,(H,18,19);1H. The zero-order valence-electron chi connectivity index (χ0n) is 11.3. The second-order valence-electron chi connectivity index (χ2n) is 4.37. The van der Waals surface area contributed by atoms with Gasteiger partial charge in [-0.05, 0) is 25.1 Å². The summed E-state index contributed by atoms with van der Waals surface area (Å²) in [4.78, 5) is 12.0. The fraction of sp³-hybridized carbons (Fsp3) is 0.357. The Labute approximate surface area is 128 Å². The Morgan fingerprint density at radius 3 is 2.81 bits per heavy atom. The SMILES string of the molecule is Cl.O=C(NCC1=CCNCC1)c1ccccc1OC(F)F. The number of alkyl halides is 2. The number of halogens is 3. The molecule has 1 aliphatic heterocycles. The van der Waals surface area contributed by atoms with Gasteiger partial charge in [-0.15, -0.1) is 12.4 Å². The molecule has 1 aromatic carbocycles. The molecule has 1 aromatic rings. The van der Waals surface area contributed by atoms with Crippen molar-refractivity contribution in [1.82, 2.24) is 10.6 Å². The first-order valence-electron chi connectivity index (χ1n) is 6.37. The quantitative estimate of drug-likeness (QED) is 0.819. The van der Waals surface area contributed by atoms with E-state index in [2.05, 4.69) is 15.4 Å². The molecule has 0 aliphatic carbocycles. The van der Waals surface area contributed by atoms with E-state index in [9.17, 15) is 13.6 Å². The minimum atomic E-state index is -2.95. The van der Waals surface area contributed by atoms with Crippen molar-refractivity contribution in [2.75, 3.05) is 19.6 Å². The van der Waals surface area contributed by atoms with Gasteiger partial charge < -0.3 is 15.4 Å². The number of carbonyl (C=O) groups is 1. The molecule has 21 heavy (non-hydrogen) atoms. The summed E-state index contributed by atoms with van der Waals surface area (Å²) in [6, 6.07) is 5.97. The van der Waals surface area contributed by atoms with E-state index in [1.165, 1.54) is 12.1 Å². The van der Waals surface area contributed by atoms with Crippen molar-refractivity contribution in [3.8, 4) is 5.75 Å². The molecule has 0 saturated heterocycles. The second-order valence-corrected chi connectivity index (χ2v) is 4.37. The van der Waals surface area contributed by atoms with Gasteiger partial charge in [0, 0.05) is 13.1 Å². The molecule has 0 unspecified atom stereocenters. The first-order chi connectivity index (χ1) is 9.66. The molecule has 0 fully saturated rings. The number of benzene rings is 1. The van der Waals surface area contributed by atoms with Gasteiger partial charge in [-0.25, -0.2) is 0 Å². The van der Waals surface area contributed by atoms with Gasteiger partial charge in [0.05, 0.1) is 5.56 Å². The normalized spacial score (nSPS) is 14.1. The zero-order valence-corrected chi connectivity index (χ0v) is 12.1. The number of nitrogens with one attached hydrogen (secondary N) is 2. The summed E-state index contributed by atoms with van der Waals surface area (Å²) in [6.45, 7) is -0.858. The highest BCUT2D eigenvalue weighted by Crippen LogP contribution is 2.20. The molecular weight excluding hydrogens is 302 g/mol. The van der Waals surface area contributed by atoms with E-state index in [-0.39, 0.29) is 23.7 Å². The molecule has 4 nitrogen and oxygen atoms in total. The van der Waals surface area contributed by atoms with Crippen LogP contribution in [0.5, 0.6) is 5.75 Å². The van der Waals surface area contributed by atoms with Crippen molar-refractivity contribution >= 4 is 18.3 Å². The molecule has 1 aliphatic rings. The monoisotopic (exact) mass is 318 g/mol. The largest absolute Gasteiger partial charge is 0.434 e. The van der Waals surface area contributed by atoms with Crippen LogP contribution < -0.4 is 15.4 Å². The molecule has 0 spiro atoms. The molecule has 0 bridgehead atoms. The summed E-state index contributed by atoms with van der Waals surface area (Å²) >= 11 is 0. The van der Waals surface area contributed by atoms with Gasteiger partial charge in [-0.2, -0.15) is 8.78 Å². The third kappa shape index (κ3) is 5.32. The molecule has 116 valence electrons. The van der Waals surface area contributed by atoms with E-state index in [1.807, 2.05) is 6.08 Å². The Hall–Kier alpha value is -1.66. The van der Waals surface area contributed by atoms with Crippen LogP contribution in [-0.4, -0.2) is 32.2 Å². The predicted octanol–water partition coefficient (Wildman–Crippen LogP) is 2.36. The fourth-order valence-electron chi connectivity index (χ4n) is 1.97. The third-order valence-electron chi connectivity index (χ3n) is 2.98. The average molecular weight is 319 g/mol. The Morgan fingerprint density at radius 2 is 2.14 bits per heavy atom. The van der Waals surface area contributed by atoms with Crippen LogP contribution in [-0.2, 0) is 0 Å². The van der Waals surface area contributed by atoms with Gasteiger partial charge in [-0.3, -0.25) is 4.79 Å². The summed E-state index contributed by atoms with van der Waals surface area (Å²) < 4.78 is 28.9. The van der Waals surface area contributed by atoms with Crippen molar-refractivity contribution in [3.05, 3.63) is 41.5 Å². The molecular formula is C14H17ClF2N2O2.